The van der Waals surface area contributed by atoms with Gasteiger partial charge in [0, 0.05) is 0 Å². The summed E-state index contributed by atoms with van der Waals surface area (Å²) in [5.74, 6) is -0.374. The van der Waals surface area contributed by atoms with Gasteiger partial charge in [-0.1, -0.05) is 72.0 Å². The molecule has 1 rings (SSSR count). The molecule has 0 saturated heterocycles. The predicted molar refractivity (Wildman–Crippen MR) is 111 cm³/mol. The molecule has 158 valence electrons. The zero-order valence-electron chi connectivity index (χ0n) is 17.9. The molecular weight excluding hydrogens is 340 g/mol. The van der Waals surface area contributed by atoms with E-state index in [9.17, 15) is 15.0 Å². The summed E-state index contributed by atoms with van der Waals surface area (Å²) in [7, 11) is 0. The quantitative estimate of drug-likeness (QED) is 0.303. The van der Waals surface area contributed by atoms with Crippen LogP contribution in [0, 0.1) is 23.2 Å². The third-order valence-corrected chi connectivity index (χ3v) is 6.45. The molecule has 0 radical (unpaired) electrons. The van der Waals surface area contributed by atoms with Crippen molar-refractivity contribution in [3.05, 3.63) is 12.2 Å². The Morgan fingerprint density at radius 1 is 1.19 bits per heavy atom. The van der Waals surface area contributed by atoms with Gasteiger partial charge in [0.2, 0.25) is 0 Å². The lowest BCUT2D eigenvalue weighted by molar-refractivity contribution is -0.141. The van der Waals surface area contributed by atoms with Crippen molar-refractivity contribution in [3.8, 4) is 0 Å². The highest BCUT2D eigenvalue weighted by atomic mass is 16.4. The molecule has 1 aliphatic rings. The topological polar surface area (TPSA) is 77.8 Å². The molecule has 0 bridgehead atoms. The van der Waals surface area contributed by atoms with Crippen LogP contribution in [0.25, 0.3) is 0 Å². The molecule has 27 heavy (non-hydrogen) atoms. The first-order valence-electron chi connectivity index (χ1n) is 11.0. The number of hydrogen-bond acceptors (Lipinski definition) is 3. The lowest BCUT2D eigenvalue weighted by atomic mass is 9.80. The van der Waals surface area contributed by atoms with E-state index in [1.54, 1.807) is 6.92 Å². The zero-order chi connectivity index (χ0) is 20.4. The molecule has 5 atom stereocenters. The molecule has 0 aliphatic heterocycles. The van der Waals surface area contributed by atoms with E-state index in [0.717, 1.165) is 64.2 Å². The van der Waals surface area contributed by atoms with Crippen molar-refractivity contribution in [3.63, 3.8) is 0 Å². The van der Waals surface area contributed by atoms with Gasteiger partial charge in [-0.25, -0.2) is 0 Å². The van der Waals surface area contributed by atoms with E-state index in [1.165, 1.54) is 0 Å². The maximum absolute atomic E-state index is 10.9. The molecule has 1 aliphatic carbocycles. The van der Waals surface area contributed by atoms with Gasteiger partial charge in [0.05, 0.1) is 18.1 Å². The normalized spacial score (nSPS) is 25.8. The van der Waals surface area contributed by atoms with Crippen molar-refractivity contribution < 1.29 is 20.1 Å². The molecule has 4 nitrogen and oxygen atoms in total. The molecule has 1 fully saturated rings. The molecule has 0 heterocycles. The van der Waals surface area contributed by atoms with Crippen LogP contribution >= 0.6 is 0 Å². The fraction of sp³-hybridized carbons (Fsp3) is 0.870. The summed E-state index contributed by atoms with van der Waals surface area (Å²) in [6.07, 6.45) is 13.2. The Labute approximate surface area is 166 Å². The SMILES string of the molecule is CCCCC(C)(C)C(O)C=C[C@H]1CC[C@H](O)[C@@H]1CCCCCC(C)C(=O)O. The largest absolute Gasteiger partial charge is 0.481 e. The van der Waals surface area contributed by atoms with E-state index in [-0.39, 0.29) is 23.4 Å². The molecule has 0 amide bonds. The summed E-state index contributed by atoms with van der Waals surface area (Å²) >= 11 is 0. The first-order valence-corrected chi connectivity index (χ1v) is 11.0. The molecule has 0 aromatic heterocycles. The van der Waals surface area contributed by atoms with Crippen molar-refractivity contribution in [1.29, 1.82) is 0 Å². The summed E-state index contributed by atoms with van der Waals surface area (Å²) in [6, 6.07) is 0. The minimum absolute atomic E-state index is 0.111. The summed E-state index contributed by atoms with van der Waals surface area (Å²) < 4.78 is 0. The maximum Gasteiger partial charge on any atom is 0.306 e. The highest BCUT2D eigenvalue weighted by Gasteiger charge is 2.33. The molecule has 0 aromatic rings. The number of aliphatic hydroxyl groups excluding tert-OH is 2. The highest BCUT2D eigenvalue weighted by molar-refractivity contribution is 5.69. The summed E-state index contributed by atoms with van der Waals surface area (Å²) in [6.45, 7) is 8.18. The van der Waals surface area contributed by atoms with Crippen LogP contribution in [0.15, 0.2) is 12.2 Å². The lowest BCUT2D eigenvalue weighted by Gasteiger charge is -2.29. The second kappa shape index (κ2) is 11.9. The first-order chi connectivity index (χ1) is 12.7. The molecule has 1 saturated carbocycles. The van der Waals surface area contributed by atoms with Crippen LogP contribution in [0.1, 0.15) is 91.9 Å². The van der Waals surface area contributed by atoms with Crippen molar-refractivity contribution in [2.75, 3.05) is 0 Å². The number of unbranched alkanes of at least 4 members (excludes halogenated alkanes) is 3. The van der Waals surface area contributed by atoms with Gasteiger partial charge < -0.3 is 15.3 Å². The Morgan fingerprint density at radius 2 is 1.89 bits per heavy atom. The molecule has 3 N–H and O–H groups in total. The molecule has 0 spiro atoms. The van der Waals surface area contributed by atoms with Crippen LogP contribution in [-0.2, 0) is 4.79 Å². The van der Waals surface area contributed by atoms with Crippen LogP contribution in [0.2, 0.25) is 0 Å². The van der Waals surface area contributed by atoms with Crippen LogP contribution in [0.5, 0.6) is 0 Å². The van der Waals surface area contributed by atoms with Crippen molar-refractivity contribution in [1.82, 2.24) is 0 Å². The fourth-order valence-corrected chi connectivity index (χ4v) is 4.14. The molecule has 4 heteroatoms. The van der Waals surface area contributed by atoms with Crippen LogP contribution in [-0.4, -0.2) is 33.5 Å². The van der Waals surface area contributed by atoms with Gasteiger partial charge >= 0.3 is 5.97 Å². The Hall–Kier alpha value is -0.870. The standard InChI is InChI=1S/C23H42O4/c1-5-6-16-23(3,4)21(25)15-13-18-12-14-20(24)19(18)11-9-7-8-10-17(2)22(26)27/h13,15,17-21,24-25H,5-12,14,16H2,1-4H3,(H,26,27)/t17?,18-,19-,20+,21?/m1/s1. The van der Waals surface area contributed by atoms with Gasteiger partial charge in [0.15, 0.2) is 0 Å². The van der Waals surface area contributed by atoms with Crippen molar-refractivity contribution in [2.45, 2.75) is 104 Å². The Morgan fingerprint density at radius 3 is 2.52 bits per heavy atom. The minimum atomic E-state index is -0.716. The Kier molecular flexibility index (Phi) is 10.6. The number of aliphatic hydroxyl groups is 2. The first kappa shape index (κ1) is 24.2. The summed E-state index contributed by atoms with van der Waals surface area (Å²) in [5, 5.41) is 29.8. The molecular formula is C23H42O4. The minimum Gasteiger partial charge on any atom is -0.481 e. The number of carboxylic acid groups (broad SMARTS) is 1. The number of hydrogen-bond donors (Lipinski definition) is 3. The van der Waals surface area contributed by atoms with Crippen molar-refractivity contribution in [2.24, 2.45) is 23.2 Å². The van der Waals surface area contributed by atoms with Gasteiger partial charge in [-0.15, -0.1) is 0 Å². The van der Waals surface area contributed by atoms with E-state index in [0.29, 0.717) is 5.92 Å². The number of aliphatic carboxylic acids is 1. The third kappa shape index (κ3) is 8.35. The average molecular weight is 383 g/mol. The van der Waals surface area contributed by atoms with E-state index >= 15 is 0 Å². The van der Waals surface area contributed by atoms with E-state index in [1.807, 2.05) is 6.08 Å². The lowest BCUT2D eigenvalue weighted by Crippen LogP contribution is -2.27. The van der Waals surface area contributed by atoms with E-state index in [2.05, 4.69) is 26.8 Å². The van der Waals surface area contributed by atoms with Gasteiger partial charge in [0.1, 0.15) is 0 Å². The monoisotopic (exact) mass is 382 g/mol. The predicted octanol–water partition coefficient (Wildman–Crippen LogP) is 5.18. The number of rotatable bonds is 13. The van der Waals surface area contributed by atoms with Crippen LogP contribution < -0.4 is 0 Å². The Balaban J connectivity index is 2.44. The average Bonchev–Trinajstić information content (AvgIpc) is 2.97. The van der Waals surface area contributed by atoms with E-state index < -0.39 is 12.1 Å². The van der Waals surface area contributed by atoms with E-state index in [4.69, 9.17) is 5.11 Å². The summed E-state index contributed by atoms with van der Waals surface area (Å²) in [5.41, 5.74) is -0.111. The zero-order valence-corrected chi connectivity index (χ0v) is 17.9. The number of carbonyl (C=O) groups is 1. The summed E-state index contributed by atoms with van der Waals surface area (Å²) in [4.78, 5) is 10.9. The van der Waals surface area contributed by atoms with Gasteiger partial charge in [-0.05, 0) is 49.4 Å². The van der Waals surface area contributed by atoms with Gasteiger partial charge in [-0.3, -0.25) is 4.79 Å². The second-order valence-electron chi connectivity index (χ2n) is 9.27. The smallest absolute Gasteiger partial charge is 0.306 e. The van der Waals surface area contributed by atoms with Crippen LogP contribution in [0.4, 0.5) is 0 Å². The van der Waals surface area contributed by atoms with Gasteiger partial charge in [0.25, 0.3) is 0 Å². The Bertz CT molecular complexity index is 457. The maximum atomic E-state index is 10.9. The highest BCUT2D eigenvalue weighted by Crippen LogP contribution is 2.37. The fourth-order valence-electron chi connectivity index (χ4n) is 4.14. The number of allylic oxidation sites excluding steroid dienone is 1. The van der Waals surface area contributed by atoms with Crippen molar-refractivity contribution >= 4 is 5.97 Å². The second-order valence-corrected chi connectivity index (χ2v) is 9.27. The third-order valence-electron chi connectivity index (χ3n) is 6.45. The van der Waals surface area contributed by atoms with Crippen LogP contribution in [0.3, 0.4) is 0 Å². The van der Waals surface area contributed by atoms with Gasteiger partial charge in [-0.2, -0.15) is 0 Å². The molecule has 0 aromatic carbocycles. The number of carboxylic acids is 1. The molecule has 2 unspecified atom stereocenters.